The largest absolute Gasteiger partial charge is 0.417 e. The molecule has 1 aromatic heterocycles. The lowest BCUT2D eigenvalue weighted by molar-refractivity contribution is -0.137. The van der Waals surface area contributed by atoms with Gasteiger partial charge in [0.25, 0.3) is 0 Å². The van der Waals surface area contributed by atoms with Gasteiger partial charge in [-0.25, -0.2) is 12.7 Å². The van der Waals surface area contributed by atoms with Crippen LogP contribution in [0.3, 0.4) is 0 Å². The van der Waals surface area contributed by atoms with Gasteiger partial charge in [0.05, 0.1) is 10.8 Å². The third-order valence-electron chi connectivity index (χ3n) is 5.08. The molecule has 2 aliphatic heterocycles. The number of pyridine rings is 1. The molecule has 2 aliphatic rings. The molecule has 0 spiro atoms. The summed E-state index contributed by atoms with van der Waals surface area (Å²) in [4.78, 5) is 3.71. The molecule has 0 amide bonds. The Morgan fingerprint density at radius 3 is 2.19 bits per heavy atom. The smallest absolute Gasteiger partial charge is 0.317 e. The highest BCUT2D eigenvalue weighted by molar-refractivity contribution is 7.89. The summed E-state index contributed by atoms with van der Waals surface area (Å²) in [5, 5.41) is 2.81. The molecule has 5 nitrogen and oxygen atoms in total. The average Bonchev–Trinajstić information content (AvgIpc) is 2.62. The van der Waals surface area contributed by atoms with Crippen molar-refractivity contribution in [2.24, 2.45) is 0 Å². The number of nitrogens with zero attached hydrogens (tertiary/aromatic N) is 2. The Morgan fingerprint density at radius 1 is 1.04 bits per heavy atom. The first kappa shape index (κ1) is 24.4. The normalized spacial score (nSPS) is 20.6. The fourth-order valence-corrected chi connectivity index (χ4v) is 5.56. The lowest BCUT2D eigenvalue weighted by Crippen LogP contribution is -2.46. The minimum atomic E-state index is -4.41. The van der Waals surface area contributed by atoms with Crippen molar-refractivity contribution in [2.75, 3.05) is 26.2 Å². The van der Waals surface area contributed by atoms with Crippen molar-refractivity contribution in [3.63, 3.8) is 0 Å². The number of sulfonamides is 1. The summed E-state index contributed by atoms with van der Waals surface area (Å²) in [5.74, 6) is -0.0886. The van der Waals surface area contributed by atoms with E-state index in [0.717, 1.165) is 12.3 Å². The minimum absolute atomic E-state index is 0. The van der Waals surface area contributed by atoms with Crippen molar-refractivity contribution in [1.82, 2.24) is 14.6 Å². The maximum atomic E-state index is 12.8. The molecule has 0 aliphatic carbocycles. The van der Waals surface area contributed by atoms with Crippen molar-refractivity contribution < 1.29 is 21.6 Å². The number of hydrogen-bond donors (Lipinski definition) is 1. The summed E-state index contributed by atoms with van der Waals surface area (Å²) in [7, 11) is -3.32. The second-order valence-corrected chi connectivity index (χ2v) is 8.89. The summed E-state index contributed by atoms with van der Waals surface area (Å²) in [5.41, 5.74) is -0.219. The highest BCUT2D eigenvalue weighted by Gasteiger charge is 2.36. The van der Waals surface area contributed by atoms with Gasteiger partial charge in [0.15, 0.2) is 0 Å². The average molecular weight is 450 g/mol. The Kier molecular flexibility index (Phi) is 8.81. The van der Waals surface area contributed by atoms with E-state index in [1.807, 2.05) is 0 Å². The Bertz CT molecular complexity index is 705. The molecule has 2 saturated heterocycles. The van der Waals surface area contributed by atoms with Crippen molar-refractivity contribution >= 4 is 34.8 Å². The molecule has 3 heterocycles. The number of hydrogen-bond acceptors (Lipinski definition) is 4. The summed E-state index contributed by atoms with van der Waals surface area (Å²) in [6, 6.07) is 1.13. The molecular weight excluding hydrogens is 426 g/mol. The van der Waals surface area contributed by atoms with Gasteiger partial charge in [0, 0.05) is 25.5 Å². The number of halogens is 5. The Morgan fingerprint density at radius 2 is 1.63 bits per heavy atom. The van der Waals surface area contributed by atoms with Crippen LogP contribution in [0.25, 0.3) is 0 Å². The Labute approximate surface area is 170 Å². The van der Waals surface area contributed by atoms with E-state index >= 15 is 0 Å². The van der Waals surface area contributed by atoms with Crippen molar-refractivity contribution in [1.29, 1.82) is 0 Å². The zero-order valence-corrected chi connectivity index (χ0v) is 17.1. The topological polar surface area (TPSA) is 62.3 Å². The molecule has 27 heavy (non-hydrogen) atoms. The predicted octanol–water partition coefficient (Wildman–Crippen LogP) is 3.21. The zero-order chi connectivity index (χ0) is 18.1. The van der Waals surface area contributed by atoms with Gasteiger partial charge in [-0.3, -0.25) is 4.98 Å². The van der Waals surface area contributed by atoms with Gasteiger partial charge < -0.3 is 5.32 Å². The lowest BCUT2D eigenvalue weighted by atomic mass is 9.90. The van der Waals surface area contributed by atoms with Crippen LogP contribution in [0.2, 0.25) is 0 Å². The van der Waals surface area contributed by atoms with Gasteiger partial charge in [0.1, 0.15) is 0 Å². The van der Waals surface area contributed by atoms with Crippen molar-refractivity contribution in [3.8, 4) is 0 Å². The first-order valence-electron chi connectivity index (χ1n) is 8.50. The quantitative estimate of drug-likeness (QED) is 0.769. The van der Waals surface area contributed by atoms with Crippen LogP contribution < -0.4 is 5.32 Å². The molecular formula is C16H24Cl2F3N3O2S. The van der Waals surface area contributed by atoms with E-state index in [1.54, 1.807) is 0 Å². The van der Waals surface area contributed by atoms with Crippen LogP contribution in [0.4, 0.5) is 13.2 Å². The standard InChI is InChI=1S/C16H22F3N3O2S.2ClH/c17-16(18,19)14-9-13(10-21-11-14)12-3-7-22(8-4-12)25(23,24)15-1-5-20-6-2-15;;/h9-12,15,20H,1-8H2;2*1H. The number of piperidine rings is 2. The van der Waals surface area contributed by atoms with E-state index in [1.165, 1.54) is 10.5 Å². The van der Waals surface area contributed by atoms with Gasteiger partial charge in [-0.05, 0) is 56.3 Å². The molecule has 0 unspecified atom stereocenters. The number of nitrogens with one attached hydrogen (secondary N) is 1. The fraction of sp³-hybridized carbons (Fsp3) is 0.688. The first-order valence-corrected chi connectivity index (χ1v) is 10.0. The van der Waals surface area contributed by atoms with E-state index in [9.17, 15) is 21.6 Å². The molecule has 2 fully saturated rings. The van der Waals surface area contributed by atoms with Crippen molar-refractivity contribution in [3.05, 3.63) is 29.6 Å². The molecule has 11 heteroatoms. The zero-order valence-electron chi connectivity index (χ0n) is 14.6. The molecule has 0 aromatic carbocycles. The van der Waals surface area contributed by atoms with Gasteiger partial charge in [-0.15, -0.1) is 24.8 Å². The maximum Gasteiger partial charge on any atom is 0.417 e. The predicted molar refractivity (Wildman–Crippen MR) is 102 cm³/mol. The number of rotatable bonds is 3. The highest BCUT2D eigenvalue weighted by Crippen LogP contribution is 2.34. The summed E-state index contributed by atoms with van der Waals surface area (Å²) < 4.78 is 65.4. The van der Waals surface area contributed by atoms with Crippen LogP contribution in [-0.2, 0) is 16.2 Å². The summed E-state index contributed by atoms with van der Waals surface area (Å²) in [6.45, 7) is 2.12. The SMILES string of the molecule is Cl.Cl.O=S(=O)(C1CCNCC1)N1CCC(c2cncc(C(F)(F)F)c2)CC1. The molecule has 3 rings (SSSR count). The van der Waals surface area contributed by atoms with E-state index < -0.39 is 21.8 Å². The van der Waals surface area contributed by atoms with E-state index in [2.05, 4.69) is 10.3 Å². The van der Waals surface area contributed by atoms with Crippen LogP contribution in [0.5, 0.6) is 0 Å². The van der Waals surface area contributed by atoms with Gasteiger partial charge in [-0.2, -0.15) is 13.2 Å². The van der Waals surface area contributed by atoms with Gasteiger partial charge >= 0.3 is 6.18 Å². The molecule has 1 aromatic rings. The summed E-state index contributed by atoms with van der Waals surface area (Å²) >= 11 is 0. The number of alkyl halides is 3. The second kappa shape index (κ2) is 9.73. The Balaban J connectivity index is 0.00000182. The van der Waals surface area contributed by atoms with Crippen LogP contribution in [0, 0.1) is 0 Å². The molecule has 0 bridgehead atoms. The van der Waals surface area contributed by atoms with E-state index in [4.69, 9.17) is 0 Å². The van der Waals surface area contributed by atoms with E-state index in [-0.39, 0.29) is 36.0 Å². The van der Waals surface area contributed by atoms with Gasteiger partial charge in [-0.1, -0.05) is 0 Å². The van der Waals surface area contributed by atoms with Crippen LogP contribution in [0.1, 0.15) is 42.7 Å². The van der Waals surface area contributed by atoms with Crippen LogP contribution in [0.15, 0.2) is 18.5 Å². The third-order valence-corrected chi connectivity index (χ3v) is 7.48. The molecule has 0 radical (unpaired) electrons. The molecule has 156 valence electrons. The summed E-state index contributed by atoms with van der Waals surface area (Å²) in [6.07, 6.45) is 0.124. The monoisotopic (exact) mass is 449 g/mol. The highest BCUT2D eigenvalue weighted by atomic mass is 35.5. The Hall–Kier alpha value is -0.610. The molecule has 0 atom stereocenters. The fourth-order valence-electron chi connectivity index (χ4n) is 3.58. The van der Waals surface area contributed by atoms with Crippen LogP contribution in [-0.4, -0.2) is 49.1 Å². The second-order valence-electron chi connectivity index (χ2n) is 6.67. The maximum absolute atomic E-state index is 12.8. The minimum Gasteiger partial charge on any atom is -0.317 e. The van der Waals surface area contributed by atoms with E-state index in [0.29, 0.717) is 57.4 Å². The lowest BCUT2D eigenvalue weighted by Gasteiger charge is -2.35. The van der Waals surface area contributed by atoms with Gasteiger partial charge in [0.2, 0.25) is 10.0 Å². The van der Waals surface area contributed by atoms with Crippen LogP contribution >= 0.6 is 24.8 Å². The first-order chi connectivity index (χ1) is 11.8. The molecule has 1 N–H and O–H groups in total. The third kappa shape index (κ3) is 5.69. The van der Waals surface area contributed by atoms with Crippen molar-refractivity contribution in [2.45, 2.75) is 43.0 Å². The molecule has 0 saturated carbocycles. The number of aromatic nitrogens is 1.